The third-order valence-electron chi connectivity index (χ3n) is 2.29. The summed E-state index contributed by atoms with van der Waals surface area (Å²) in [4.78, 5) is 33.3. The molecule has 0 saturated heterocycles. The molecule has 0 aromatic rings. The number of rotatable bonds is 7. The molecular weight excluding hydrogens is 238 g/mol. The molecule has 0 aliphatic carbocycles. The number of imide groups is 1. The average Bonchev–Trinajstić information content (AvgIpc) is 2.26. The molecule has 3 amide bonds. The van der Waals surface area contributed by atoms with Gasteiger partial charge in [-0.2, -0.15) is 0 Å². The van der Waals surface area contributed by atoms with Gasteiger partial charge >= 0.3 is 12.0 Å². The van der Waals surface area contributed by atoms with Gasteiger partial charge < -0.3 is 10.4 Å². The lowest BCUT2D eigenvalue weighted by molar-refractivity contribution is -0.143. The zero-order valence-corrected chi connectivity index (χ0v) is 11.0. The van der Waals surface area contributed by atoms with Crippen LogP contribution >= 0.6 is 0 Å². The van der Waals surface area contributed by atoms with Gasteiger partial charge in [-0.05, 0) is 20.3 Å². The molecule has 104 valence electrons. The predicted octanol–water partition coefficient (Wildman–Crippen LogP) is 0.0651. The molecule has 0 heterocycles. The second kappa shape index (κ2) is 7.65. The van der Waals surface area contributed by atoms with Crippen LogP contribution in [0.2, 0.25) is 0 Å². The number of amides is 3. The Hall–Kier alpha value is -1.63. The maximum Gasteiger partial charge on any atom is 0.323 e. The standard InChI is InChI=1S/C11H21N3O4/c1-4-5-6-12-10(18)14-8(15)7-13-11(2,3)9(16)17/h13H,4-7H2,1-3H3,(H,16,17)(H2,12,14,15,18). The smallest absolute Gasteiger partial charge is 0.323 e. The molecule has 0 aliphatic rings. The van der Waals surface area contributed by atoms with Crippen LogP contribution in [-0.4, -0.2) is 41.6 Å². The number of unbranched alkanes of at least 4 members (excludes halogenated alkanes) is 1. The highest BCUT2D eigenvalue weighted by atomic mass is 16.4. The number of hydrogen-bond acceptors (Lipinski definition) is 4. The number of carboxylic acid groups (broad SMARTS) is 1. The van der Waals surface area contributed by atoms with Crippen LogP contribution in [0, 0.1) is 0 Å². The molecule has 0 spiro atoms. The Bertz CT molecular complexity index is 315. The summed E-state index contributed by atoms with van der Waals surface area (Å²) in [6.07, 6.45) is 1.79. The molecule has 0 aliphatic heterocycles. The van der Waals surface area contributed by atoms with Gasteiger partial charge in [0.1, 0.15) is 5.54 Å². The van der Waals surface area contributed by atoms with Crippen molar-refractivity contribution in [1.29, 1.82) is 0 Å². The fourth-order valence-electron chi connectivity index (χ4n) is 0.971. The van der Waals surface area contributed by atoms with E-state index in [-0.39, 0.29) is 6.54 Å². The Morgan fingerprint density at radius 1 is 1.22 bits per heavy atom. The highest BCUT2D eigenvalue weighted by molar-refractivity contribution is 5.95. The molecule has 0 unspecified atom stereocenters. The van der Waals surface area contributed by atoms with Crippen molar-refractivity contribution in [2.45, 2.75) is 39.2 Å². The van der Waals surface area contributed by atoms with Crippen LogP contribution in [0.15, 0.2) is 0 Å². The highest BCUT2D eigenvalue weighted by Gasteiger charge is 2.27. The zero-order valence-electron chi connectivity index (χ0n) is 11.0. The minimum atomic E-state index is -1.21. The SMILES string of the molecule is CCCCNC(=O)NC(=O)CNC(C)(C)C(=O)O. The van der Waals surface area contributed by atoms with Gasteiger partial charge in [0.15, 0.2) is 0 Å². The number of hydrogen-bond donors (Lipinski definition) is 4. The van der Waals surface area contributed by atoms with E-state index in [1.54, 1.807) is 0 Å². The van der Waals surface area contributed by atoms with E-state index in [0.717, 1.165) is 12.8 Å². The Morgan fingerprint density at radius 3 is 2.33 bits per heavy atom. The number of urea groups is 1. The summed E-state index contributed by atoms with van der Waals surface area (Å²) in [6.45, 7) is 5.13. The van der Waals surface area contributed by atoms with Crippen molar-refractivity contribution in [3.63, 3.8) is 0 Å². The normalized spacial score (nSPS) is 10.8. The van der Waals surface area contributed by atoms with Gasteiger partial charge in [0.2, 0.25) is 5.91 Å². The molecule has 0 aromatic heterocycles. The van der Waals surface area contributed by atoms with Crippen LogP contribution in [-0.2, 0) is 9.59 Å². The molecule has 0 aromatic carbocycles. The van der Waals surface area contributed by atoms with Crippen LogP contribution in [0.5, 0.6) is 0 Å². The van der Waals surface area contributed by atoms with Gasteiger partial charge in [0.05, 0.1) is 6.54 Å². The second-order valence-corrected chi connectivity index (χ2v) is 4.44. The largest absolute Gasteiger partial charge is 0.480 e. The Morgan fingerprint density at radius 2 is 1.83 bits per heavy atom. The first-order chi connectivity index (χ1) is 8.29. The van der Waals surface area contributed by atoms with Crippen molar-refractivity contribution in [2.75, 3.05) is 13.1 Å². The summed E-state index contributed by atoms with van der Waals surface area (Å²) in [6, 6.07) is -0.566. The Kier molecular flexibility index (Phi) is 6.96. The van der Waals surface area contributed by atoms with Crippen molar-refractivity contribution in [3.8, 4) is 0 Å². The summed E-state index contributed by atoms with van der Waals surface area (Å²) in [5.74, 6) is -1.64. The van der Waals surface area contributed by atoms with E-state index in [1.807, 2.05) is 6.92 Å². The van der Waals surface area contributed by atoms with E-state index >= 15 is 0 Å². The molecule has 18 heavy (non-hydrogen) atoms. The third kappa shape index (κ3) is 6.85. The first-order valence-electron chi connectivity index (χ1n) is 5.85. The molecule has 4 N–H and O–H groups in total. The van der Waals surface area contributed by atoms with Crippen LogP contribution in [0.4, 0.5) is 4.79 Å². The lowest BCUT2D eigenvalue weighted by Crippen LogP contribution is -2.52. The van der Waals surface area contributed by atoms with Gasteiger partial charge in [-0.1, -0.05) is 13.3 Å². The second-order valence-electron chi connectivity index (χ2n) is 4.44. The maximum absolute atomic E-state index is 11.3. The predicted molar refractivity (Wildman–Crippen MR) is 66.2 cm³/mol. The Labute approximate surface area is 106 Å². The van der Waals surface area contributed by atoms with Crippen molar-refractivity contribution < 1.29 is 19.5 Å². The van der Waals surface area contributed by atoms with Gasteiger partial charge in [-0.3, -0.25) is 20.2 Å². The minimum Gasteiger partial charge on any atom is -0.480 e. The zero-order chi connectivity index (χ0) is 14.2. The van der Waals surface area contributed by atoms with Crippen LogP contribution < -0.4 is 16.0 Å². The molecule has 0 fully saturated rings. The van der Waals surface area contributed by atoms with Crippen molar-refractivity contribution >= 4 is 17.9 Å². The van der Waals surface area contributed by atoms with E-state index in [2.05, 4.69) is 16.0 Å². The quantitative estimate of drug-likeness (QED) is 0.484. The summed E-state index contributed by atoms with van der Waals surface area (Å²) < 4.78 is 0. The maximum atomic E-state index is 11.3. The number of nitrogens with one attached hydrogen (secondary N) is 3. The molecular formula is C11H21N3O4. The van der Waals surface area contributed by atoms with Gasteiger partial charge in [-0.15, -0.1) is 0 Å². The number of carboxylic acids is 1. The number of aliphatic carboxylic acids is 1. The molecule has 7 nitrogen and oxygen atoms in total. The monoisotopic (exact) mass is 259 g/mol. The molecule has 0 radical (unpaired) electrons. The van der Waals surface area contributed by atoms with Crippen LogP contribution in [0.25, 0.3) is 0 Å². The Balaban J connectivity index is 3.91. The van der Waals surface area contributed by atoms with E-state index in [9.17, 15) is 14.4 Å². The minimum absolute atomic E-state index is 0.236. The van der Waals surface area contributed by atoms with E-state index in [4.69, 9.17) is 5.11 Å². The van der Waals surface area contributed by atoms with Crippen LogP contribution in [0.1, 0.15) is 33.6 Å². The number of carbonyl (C=O) groups excluding carboxylic acids is 2. The van der Waals surface area contributed by atoms with Crippen molar-refractivity contribution in [1.82, 2.24) is 16.0 Å². The van der Waals surface area contributed by atoms with Gasteiger partial charge in [0.25, 0.3) is 0 Å². The molecule has 0 saturated carbocycles. The van der Waals surface area contributed by atoms with Gasteiger partial charge in [-0.25, -0.2) is 4.79 Å². The van der Waals surface area contributed by atoms with Crippen molar-refractivity contribution in [3.05, 3.63) is 0 Å². The summed E-state index contributed by atoms with van der Waals surface area (Å²) >= 11 is 0. The fourth-order valence-corrected chi connectivity index (χ4v) is 0.971. The van der Waals surface area contributed by atoms with E-state index in [0.29, 0.717) is 6.54 Å². The number of carbonyl (C=O) groups is 3. The van der Waals surface area contributed by atoms with Crippen molar-refractivity contribution in [2.24, 2.45) is 0 Å². The van der Waals surface area contributed by atoms with E-state index in [1.165, 1.54) is 13.8 Å². The third-order valence-corrected chi connectivity index (χ3v) is 2.29. The fraction of sp³-hybridized carbons (Fsp3) is 0.727. The molecule has 0 bridgehead atoms. The lowest BCUT2D eigenvalue weighted by Gasteiger charge is -2.20. The van der Waals surface area contributed by atoms with Gasteiger partial charge in [0, 0.05) is 6.54 Å². The van der Waals surface area contributed by atoms with E-state index < -0.39 is 23.4 Å². The summed E-state index contributed by atoms with van der Waals surface area (Å²) in [5.41, 5.74) is -1.21. The summed E-state index contributed by atoms with van der Waals surface area (Å²) in [5, 5.41) is 16.0. The molecule has 0 atom stereocenters. The highest BCUT2D eigenvalue weighted by Crippen LogP contribution is 2.00. The average molecular weight is 259 g/mol. The molecule has 0 rings (SSSR count). The first kappa shape index (κ1) is 16.4. The molecule has 7 heteroatoms. The van der Waals surface area contributed by atoms with Crippen LogP contribution in [0.3, 0.4) is 0 Å². The first-order valence-corrected chi connectivity index (χ1v) is 5.85. The topological polar surface area (TPSA) is 108 Å². The summed E-state index contributed by atoms with van der Waals surface area (Å²) in [7, 11) is 0. The lowest BCUT2D eigenvalue weighted by atomic mass is 10.1.